The number of anilines is 2. The molecule has 6 nitrogen and oxygen atoms in total. The Kier molecular flexibility index (Phi) is 7.20. The van der Waals surface area contributed by atoms with E-state index in [0.29, 0.717) is 28.8 Å². The summed E-state index contributed by atoms with van der Waals surface area (Å²) in [7, 11) is -4.01. The van der Waals surface area contributed by atoms with Crippen LogP contribution in [-0.4, -0.2) is 27.5 Å². The van der Waals surface area contributed by atoms with Crippen LogP contribution in [0, 0.1) is 6.92 Å². The molecular formula is C23H23ClN2O4S. The number of amides is 1. The highest BCUT2D eigenvalue weighted by Crippen LogP contribution is 2.27. The highest BCUT2D eigenvalue weighted by atomic mass is 35.5. The van der Waals surface area contributed by atoms with E-state index in [1.54, 1.807) is 48.5 Å². The van der Waals surface area contributed by atoms with Crippen molar-refractivity contribution in [2.24, 2.45) is 0 Å². The Hall–Kier alpha value is -3.03. The summed E-state index contributed by atoms with van der Waals surface area (Å²) in [5.41, 5.74) is 1.83. The second-order valence-electron chi connectivity index (χ2n) is 6.78. The van der Waals surface area contributed by atoms with E-state index in [2.05, 4.69) is 5.32 Å². The monoisotopic (exact) mass is 458 g/mol. The number of rotatable bonds is 8. The van der Waals surface area contributed by atoms with Crippen LogP contribution in [0.25, 0.3) is 0 Å². The fourth-order valence-corrected chi connectivity index (χ4v) is 4.48. The van der Waals surface area contributed by atoms with Crippen molar-refractivity contribution in [2.75, 3.05) is 22.8 Å². The maximum Gasteiger partial charge on any atom is 0.264 e. The number of ether oxygens (including phenoxy) is 1. The molecule has 0 radical (unpaired) electrons. The number of hydrogen-bond donors (Lipinski definition) is 1. The Bertz CT molecular complexity index is 1150. The van der Waals surface area contributed by atoms with E-state index in [1.807, 2.05) is 13.8 Å². The van der Waals surface area contributed by atoms with Gasteiger partial charge in [0.05, 0.1) is 22.9 Å². The van der Waals surface area contributed by atoms with Gasteiger partial charge in [-0.2, -0.15) is 0 Å². The van der Waals surface area contributed by atoms with Gasteiger partial charge in [-0.3, -0.25) is 9.10 Å². The van der Waals surface area contributed by atoms with Crippen LogP contribution in [0.5, 0.6) is 5.75 Å². The van der Waals surface area contributed by atoms with E-state index in [-0.39, 0.29) is 4.90 Å². The molecule has 1 N–H and O–H groups in total. The molecule has 0 aliphatic heterocycles. The second-order valence-corrected chi connectivity index (χ2v) is 9.08. The molecule has 3 aromatic carbocycles. The zero-order chi connectivity index (χ0) is 22.4. The number of sulfonamides is 1. The summed E-state index contributed by atoms with van der Waals surface area (Å²) in [6.07, 6.45) is 0. The summed E-state index contributed by atoms with van der Waals surface area (Å²) < 4.78 is 33.3. The summed E-state index contributed by atoms with van der Waals surface area (Å²) in [4.78, 5) is 12.9. The minimum absolute atomic E-state index is 0.0417. The predicted octanol–water partition coefficient (Wildman–Crippen LogP) is 4.88. The highest BCUT2D eigenvalue weighted by molar-refractivity contribution is 7.92. The van der Waals surface area contributed by atoms with Crippen molar-refractivity contribution in [3.8, 4) is 5.75 Å². The van der Waals surface area contributed by atoms with Crippen LogP contribution in [0.15, 0.2) is 77.7 Å². The van der Waals surface area contributed by atoms with Crippen molar-refractivity contribution < 1.29 is 17.9 Å². The van der Waals surface area contributed by atoms with Crippen LogP contribution in [0.1, 0.15) is 12.5 Å². The van der Waals surface area contributed by atoms with Crippen LogP contribution in [0.3, 0.4) is 0 Å². The molecule has 0 saturated carbocycles. The van der Waals surface area contributed by atoms with Gasteiger partial charge in [0.15, 0.2) is 0 Å². The third-order valence-electron chi connectivity index (χ3n) is 4.47. The number of halogens is 1. The van der Waals surface area contributed by atoms with Gasteiger partial charge >= 0.3 is 0 Å². The lowest BCUT2D eigenvalue weighted by atomic mass is 10.2. The lowest BCUT2D eigenvalue weighted by Crippen LogP contribution is -2.38. The number of carbonyl (C=O) groups excluding carboxylic acids is 1. The molecule has 0 aliphatic rings. The first-order valence-corrected chi connectivity index (χ1v) is 11.5. The van der Waals surface area contributed by atoms with Crippen LogP contribution in [-0.2, 0) is 14.8 Å². The van der Waals surface area contributed by atoms with E-state index >= 15 is 0 Å². The highest BCUT2D eigenvalue weighted by Gasteiger charge is 2.27. The molecule has 0 saturated heterocycles. The summed E-state index contributed by atoms with van der Waals surface area (Å²) in [5.74, 6) is 0.0195. The molecule has 3 aromatic rings. The number of nitrogens with zero attached hydrogens (tertiary/aromatic N) is 1. The molecule has 0 aromatic heterocycles. The molecule has 0 bridgehead atoms. The molecule has 0 fully saturated rings. The van der Waals surface area contributed by atoms with Gasteiger partial charge in [0.25, 0.3) is 10.0 Å². The first-order valence-electron chi connectivity index (χ1n) is 9.68. The number of aryl methyl sites for hydroxylation is 1. The van der Waals surface area contributed by atoms with Crippen LogP contribution >= 0.6 is 11.6 Å². The summed E-state index contributed by atoms with van der Waals surface area (Å²) in [6, 6.07) is 19.8. The first-order chi connectivity index (χ1) is 14.8. The van der Waals surface area contributed by atoms with Gasteiger partial charge in [-0.15, -0.1) is 0 Å². The normalized spacial score (nSPS) is 11.1. The van der Waals surface area contributed by atoms with E-state index in [4.69, 9.17) is 16.3 Å². The van der Waals surface area contributed by atoms with Gasteiger partial charge in [0, 0.05) is 5.02 Å². The topological polar surface area (TPSA) is 75.7 Å². The van der Waals surface area contributed by atoms with Gasteiger partial charge < -0.3 is 10.1 Å². The smallest absolute Gasteiger partial charge is 0.264 e. The number of carbonyl (C=O) groups is 1. The Morgan fingerprint density at radius 3 is 2.29 bits per heavy atom. The average molecular weight is 459 g/mol. The maximum absolute atomic E-state index is 13.4. The minimum atomic E-state index is -4.01. The lowest BCUT2D eigenvalue weighted by Gasteiger charge is -2.24. The van der Waals surface area contributed by atoms with Crippen molar-refractivity contribution in [3.63, 3.8) is 0 Å². The molecule has 31 heavy (non-hydrogen) atoms. The van der Waals surface area contributed by atoms with E-state index < -0.39 is 22.5 Å². The number of para-hydroxylation sites is 2. The van der Waals surface area contributed by atoms with Gasteiger partial charge in [-0.25, -0.2) is 8.42 Å². The first kappa shape index (κ1) is 22.7. The van der Waals surface area contributed by atoms with Gasteiger partial charge in [-0.05, 0) is 62.4 Å². The maximum atomic E-state index is 13.4. The zero-order valence-corrected chi connectivity index (χ0v) is 18.8. The third kappa shape index (κ3) is 5.57. The molecule has 3 rings (SSSR count). The molecular weight excluding hydrogens is 436 g/mol. The molecule has 1 amide bonds. The quantitative estimate of drug-likeness (QED) is 0.522. The summed E-state index contributed by atoms with van der Waals surface area (Å²) in [6.45, 7) is 3.78. The van der Waals surface area contributed by atoms with Gasteiger partial charge in [0.2, 0.25) is 5.91 Å². The molecule has 0 aliphatic carbocycles. The zero-order valence-electron chi connectivity index (χ0n) is 17.2. The van der Waals surface area contributed by atoms with E-state index in [9.17, 15) is 13.2 Å². The van der Waals surface area contributed by atoms with Gasteiger partial charge in [0.1, 0.15) is 12.3 Å². The predicted molar refractivity (Wildman–Crippen MR) is 123 cm³/mol. The van der Waals surface area contributed by atoms with Crippen LogP contribution in [0.4, 0.5) is 11.4 Å². The molecule has 0 unspecified atom stereocenters. The Balaban J connectivity index is 1.93. The molecule has 0 spiro atoms. The van der Waals surface area contributed by atoms with Crippen molar-refractivity contribution in [2.45, 2.75) is 18.7 Å². The molecule has 0 heterocycles. The van der Waals surface area contributed by atoms with Gasteiger partial charge in [-0.1, -0.05) is 41.4 Å². The van der Waals surface area contributed by atoms with Crippen molar-refractivity contribution in [3.05, 3.63) is 83.4 Å². The fraction of sp³-hybridized carbons (Fsp3) is 0.174. The molecule has 162 valence electrons. The number of hydrogen-bond acceptors (Lipinski definition) is 4. The fourth-order valence-electron chi connectivity index (χ4n) is 2.93. The largest absolute Gasteiger partial charge is 0.492 e. The standard InChI is InChI=1S/C23H23ClN2O4S/c1-3-30-22-7-5-4-6-21(22)25-23(27)16-26(19-12-8-17(2)9-13-19)31(28,29)20-14-10-18(24)11-15-20/h4-15H,3,16H2,1-2H3,(H,25,27). The summed E-state index contributed by atoms with van der Waals surface area (Å²) >= 11 is 5.91. The Morgan fingerprint density at radius 1 is 1.00 bits per heavy atom. The third-order valence-corrected chi connectivity index (χ3v) is 6.51. The van der Waals surface area contributed by atoms with E-state index in [0.717, 1.165) is 9.87 Å². The molecule has 8 heteroatoms. The summed E-state index contributed by atoms with van der Waals surface area (Å²) in [5, 5.41) is 3.17. The average Bonchev–Trinajstić information content (AvgIpc) is 2.75. The van der Waals surface area contributed by atoms with Crippen molar-refractivity contribution in [1.82, 2.24) is 0 Å². The number of nitrogens with one attached hydrogen (secondary N) is 1. The van der Waals surface area contributed by atoms with E-state index in [1.165, 1.54) is 24.3 Å². The van der Waals surface area contributed by atoms with Crippen LogP contribution in [0.2, 0.25) is 5.02 Å². The SMILES string of the molecule is CCOc1ccccc1NC(=O)CN(c1ccc(C)cc1)S(=O)(=O)c1ccc(Cl)cc1. The Morgan fingerprint density at radius 2 is 1.65 bits per heavy atom. The van der Waals surface area contributed by atoms with Crippen LogP contribution < -0.4 is 14.4 Å². The number of benzene rings is 3. The second kappa shape index (κ2) is 9.85. The van der Waals surface area contributed by atoms with Crippen molar-refractivity contribution in [1.29, 1.82) is 0 Å². The molecule has 0 atom stereocenters. The minimum Gasteiger partial charge on any atom is -0.492 e. The van der Waals surface area contributed by atoms with Crippen molar-refractivity contribution >= 4 is 38.9 Å². The Labute approximate surface area is 187 Å². The lowest BCUT2D eigenvalue weighted by molar-refractivity contribution is -0.114.